The molecule has 0 aliphatic heterocycles. The minimum Gasteiger partial charge on any atom is -0.472 e. The summed E-state index contributed by atoms with van der Waals surface area (Å²) in [6.45, 7) is 0. The van der Waals surface area contributed by atoms with Crippen LogP contribution in [0.25, 0.3) is 11.1 Å². The van der Waals surface area contributed by atoms with Gasteiger partial charge in [0.15, 0.2) is 46.5 Å². The fourth-order valence-electron chi connectivity index (χ4n) is 2.15. The Hall–Kier alpha value is -4.06. The summed E-state index contributed by atoms with van der Waals surface area (Å²) in [5.74, 6) is -18.8. The monoisotopic (exact) mass is 434 g/mol. The van der Waals surface area contributed by atoms with Crippen LogP contribution in [0.2, 0.25) is 0 Å². The molecule has 2 aromatic carbocycles. The average Bonchev–Trinajstić information content (AvgIpc) is 2.67. The van der Waals surface area contributed by atoms with Gasteiger partial charge in [-0.3, -0.25) is 0 Å². The molecule has 0 unspecified atom stereocenters. The highest BCUT2D eigenvalue weighted by atomic mass is 19.2. The molecule has 0 saturated heterocycles. The number of benzene rings is 2. The molecular weight excluding hydrogens is 432 g/mol. The lowest BCUT2D eigenvalue weighted by Gasteiger charge is -2.13. The highest BCUT2D eigenvalue weighted by Gasteiger charge is 2.33. The summed E-state index contributed by atoms with van der Waals surface area (Å²) < 4.78 is 113. The smallest absolute Gasteiger partial charge is 0.382 e. The van der Waals surface area contributed by atoms with E-state index in [9.17, 15) is 44.7 Å². The van der Waals surface area contributed by atoms with Gasteiger partial charge in [-0.05, 0) is 11.8 Å². The summed E-state index contributed by atoms with van der Waals surface area (Å²) in [5.41, 5.74) is -7.92. The molecule has 0 aliphatic carbocycles. The van der Waals surface area contributed by atoms with E-state index in [1.807, 2.05) is 0 Å². The van der Waals surface area contributed by atoms with Gasteiger partial charge >= 0.3 is 11.9 Å². The van der Waals surface area contributed by atoms with Crippen LogP contribution in [-0.2, 0) is 9.59 Å². The highest BCUT2D eigenvalue weighted by molar-refractivity contribution is 5.88. The molecule has 2 aromatic rings. The number of aliphatic carboxylic acids is 2. The van der Waals surface area contributed by atoms with Crippen molar-refractivity contribution in [2.45, 2.75) is 0 Å². The summed E-state index contributed by atoms with van der Waals surface area (Å²) in [4.78, 5) is 20.6. The van der Waals surface area contributed by atoms with E-state index in [4.69, 9.17) is 10.2 Å². The summed E-state index contributed by atoms with van der Waals surface area (Å²) >= 11 is 0. The predicted molar refractivity (Wildman–Crippen MR) is 80.6 cm³/mol. The van der Waals surface area contributed by atoms with E-state index in [2.05, 4.69) is 0 Å². The number of rotatable bonds is 1. The van der Waals surface area contributed by atoms with Crippen molar-refractivity contribution in [3.8, 4) is 34.8 Å². The van der Waals surface area contributed by atoms with Gasteiger partial charge in [0.1, 0.15) is 11.1 Å². The molecule has 0 fully saturated rings. The minimum atomic E-state index is -2.54. The minimum absolute atomic E-state index is 1.15. The first-order valence-electron chi connectivity index (χ1n) is 7.12. The Balaban J connectivity index is 2.94. The van der Waals surface area contributed by atoms with Gasteiger partial charge < -0.3 is 10.2 Å². The second kappa shape index (κ2) is 8.13. The largest absolute Gasteiger partial charge is 0.472 e. The normalized spacial score (nSPS) is 10.0. The van der Waals surface area contributed by atoms with Crippen molar-refractivity contribution in [2.24, 2.45) is 0 Å². The molecule has 2 N–H and O–H groups in total. The molecule has 0 bridgehead atoms. The number of carboxylic acids is 2. The summed E-state index contributed by atoms with van der Waals surface area (Å²) in [7, 11) is 0. The van der Waals surface area contributed by atoms with Gasteiger partial charge in [0.25, 0.3) is 0 Å². The van der Waals surface area contributed by atoms with Crippen LogP contribution in [0.5, 0.6) is 0 Å². The molecular formula is C18H2F8O4. The van der Waals surface area contributed by atoms with Gasteiger partial charge in [0.2, 0.25) is 0 Å². The number of hydrogen-bond donors (Lipinski definition) is 2. The van der Waals surface area contributed by atoms with Crippen molar-refractivity contribution in [1.82, 2.24) is 0 Å². The van der Waals surface area contributed by atoms with E-state index in [1.165, 1.54) is 11.8 Å². The first kappa shape index (κ1) is 22.2. The van der Waals surface area contributed by atoms with Crippen LogP contribution in [-0.4, -0.2) is 22.2 Å². The van der Waals surface area contributed by atoms with Crippen LogP contribution in [0.1, 0.15) is 11.1 Å². The third-order valence-corrected chi connectivity index (χ3v) is 3.37. The van der Waals surface area contributed by atoms with Crippen LogP contribution < -0.4 is 0 Å². The van der Waals surface area contributed by atoms with E-state index < -0.39 is 80.7 Å². The molecule has 0 radical (unpaired) electrons. The van der Waals surface area contributed by atoms with Gasteiger partial charge in [-0.2, -0.15) is 0 Å². The maximum Gasteiger partial charge on any atom is 0.382 e. The maximum absolute atomic E-state index is 14.2. The summed E-state index contributed by atoms with van der Waals surface area (Å²) in [6, 6.07) is 0. The van der Waals surface area contributed by atoms with Gasteiger partial charge in [-0.1, -0.05) is 0 Å². The first-order chi connectivity index (χ1) is 13.9. The van der Waals surface area contributed by atoms with Crippen LogP contribution in [0.3, 0.4) is 0 Å². The van der Waals surface area contributed by atoms with Crippen molar-refractivity contribution in [3.05, 3.63) is 57.7 Å². The second-order valence-electron chi connectivity index (χ2n) is 5.12. The van der Waals surface area contributed by atoms with Gasteiger partial charge in [0.05, 0.1) is 11.1 Å². The Morgan fingerprint density at radius 2 is 0.733 bits per heavy atom. The number of carbonyl (C=O) groups is 2. The second-order valence-corrected chi connectivity index (χ2v) is 5.12. The van der Waals surface area contributed by atoms with E-state index >= 15 is 0 Å². The fourth-order valence-corrected chi connectivity index (χ4v) is 2.15. The zero-order valence-electron chi connectivity index (χ0n) is 13.7. The quantitative estimate of drug-likeness (QED) is 0.410. The molecule has 0 spiro atoms. The van der Waals surface area contributed by atoms with Crippen molar-refractivity contribution in [2.75, 3.05) is 0 Å². The first-order valence-corrected chi connectivity index (χ1v) is 7.12. The SMILES string of the molecule is O=C(O)C#Cc1c(F)c(F)c(-c2c(F)c(F)c(C#CC(=O)O)c(F)c2F)c(F)c1F. The lowest BCUT2D eigenvalue weighted by atomic mass is 9.97. The van der Waals surface area contributed by atoms with Crippen molar-refractivity contribution in [3.63, 3.8) is 0 Å². The molecule has 0 atom stereocenters. The third-order valence-electron chi connectivity index (χ3n) is 3.37. The Kier molecular flexibility index (Phi) is 6.02. The molecule has 0 heterocycles. The Morgan fingerprint density at radius 1 is 0.500 bits per heavy atom. The van der Waals surface area contributed by atoms with Gasteiger partial charge in [-0.25, -0.2) is 44.7 Å². The lowest BCUT2D eigenvalue weighted by molar-refractivity contribution is -0.131. The van der Waals surface area contributed by atoms with Crippen LogP contribution in [0.15, 0.2) is 0 Å². The van der Waals surface area contributed by atoms with Crippen molar-refractivity contribution in [1.29, 1.82) is 0 Å². The summed E-state index contributed by atoms with van der Waals surface area (Å²) in [5, 5.41) is 16.7. The standard InChI is InChI=1S/C18H2F8O4/c19-11-5(1-3-7(27)28)12(20)16(24)9(15(11)23)10-17(25)13(21)6(2-4-8(29)30)14(22)18(10)26/h(H,27,28)(H,29,30). The van der Waals surface area contributed by atoms with E-state index in [-0.39, 0.29) is 0 Å². The molecule has 0 aromatic heterocycles. The Morgan fingerprint density at radius 3 is 0.933 bits per heavy atom. The number of halogens is 8. The number of carboxylic acid groups (broad SMARTS) is 2. The van der Waals surface area contributed by atoms with Gasteiger partial charge in [0, 0.05) is 11.8 Å². The van der Waals surface area contributed by atoms with Crippen LogP contribution in [0, 0.1) is 70.2 Å². The molecule has 0 saturated carbocycles. The van der Waals surface area contributed by atoms with Gasteiger partial charge in [-0.15, -0.1) is 0 Å². The summed E-state index contributed by atoms with van der Waals surface area (Å²) in [6.07, 6.45) is 0. The highest BCUT2D eigenvalue weighted by Crippen LogP contribution is 2.37. The number of hydrogen-bond acceptors (Lipinski definition) is 2. The zero-order valence-corrected chi connectivity index (χ0v) is 13.7. The fraction of sp³-hybridized carbons (Fsp3) is 0. The third kappa shape index (κ3) is 3.75. The van der Waals surface area contributed by atoms with Crippen molar-refractivity contribution >= 4 is 11.9 Å². The molecule has 2 rings (SSSR count). The lowest BCUT2D eigenvalue weighted by Crippen LogP contribution is -2.10. The molecule has 0 aliphatic rings. The van der Waals surface area contributed by atoms with E-state index in [1.54, 1.807) is 0 Å². The molecule has 4 nitrogen and oxygen atoms in total. The molecule has 0 amide bonds. The Labute approximate surface area is 160 Å². The average molecular weight is 434 g/mol. The van der Waals surface area contributed by atoms with Crippen LogP contribution in [0.4, 0.5) is 35.1 Å². The van der Waals surface area contributed by atoms with E-state index in [0.717, 1.165) is 11.8 Å². The van der Waals surface area contributed by atoms with E-state index in [0.29, 0.717) is 0 Å². The topological polar surface area (TPSA) is 74.6 Å². The maximum atomic E-state index is 14.2. The Bertz CT molecular complexity index is 1090. The van der Waals surface area contributed by atoms with Crippen LogP contribution >= 0.6 is 0 Å². The predicted octanol–water partition coefficient (Wildman–Crippen LogP) is 3.34. The molecule has 30 heavy (non-hydrogen) atoms. The van der Waals surface area contributed by atoms with Crippen molar-refractivity contribution < 1.29 is 54.9 Å². The zero-order chi connectivity index (χ0) is 22.9. The molecule has 12 heteroatoms. The molecule has 154 valence electrons.